The number of aryl methyl sites for hydroxylation is 1. The van der Waals surface area contributed by atoms with Crippen LogP contribution in [-0.2, 0) is 25.4 Å². The average Bonchev–Trinajstić information content (AvgIpc) is 3.40. The van der Waals surface area contributed by atoms with E-state index in [-0.39, 0.29) is 35.7 Å². The van der Waals surface area contributed by atoms with Gasteiger partial charge in [0, 0.05) is 39.6 Å². The summed E-state index contributed by atoms with van der Waals surface area (Å²) in [5.41, 5.74) is 2.05. The smallest absolute Gasteiger partial charge is 0.416 e. The number of aromatic amines is 1. The first kappa shape index (κ1) is 32.2. The summed E-state index contributed by atoms with van der Waals surface area (Å²) in [5, 5.41) is 17.6. The lowest BCUT2D eigenvalue weighted by Gasteiger charge is -2.23. The summed E-state index contributed by atoms with van der Waals surface area (Å²) in [7, 11) is 1.30. The molecule has 0 saturated heterocycles. The molecule has 4 N–H and O–H groups in total. The van der Waals surface area contributed by atoms with Crippen LogP contribution in [0.5, 0.6) is 11.5 Å². The molecule has 1 atom stereocenters. The van der Waals surface area contributed by atoms with Crippen LogP contribution in [0.1, 0.15) is 58.0 Å². The number of benzene rings is 3. The van der Waals surface area contributed by atoms with Gasteiger partial charge in [-0.25, -0.2) is 9.59 Å². The number of aromatic nitrogens is 1. The maximum atomic E-state index is 13.6. The van der Waals surface area contributed by atoms with Crippen molar-refractivity contribution in [3.63, 3.8) is 0 Å². The molecule has 2 aromatic heterocycles. The molecular formula is C35H31BrF3N3O5. The molecule has 47 heavy (non-hydrogen) atoms. The number of carbonyl (C=O) groups excluding carboxylic acids is 1. The van der Waals surface area contributed by atoms with Crippen LogP contribution in [0.15, 0.2) is 80.4 Å². The van der Waals surface area contributed by atoms with Crippen molar-refractivity contribution in [1.29, 1.82) is 0 Å². The first-order valence-electron chi connectivity index (χ1n) is 15.1. The van der Waals surface area contributed by atoms with Gasteiger partial charge < -0.3 is 29.9 Å². The SMILES string of the molecule is COc1ccc(C(F)(F)F)cc1NC(=O)NCCc1c(C(c2cccc(Br)c2)c2c(O)c3c(oc2=O)CCCC3)[nH]c2ccccc12. The van der Waals surface area contributed by atoms with E-state index in [1.807, 2.05) is 48.5 Å². The third kappa shape index (κ3) is 6.60. The third-order valence-corrected chi connectivity index (χ3v) is 8.93. The van der Waals surface area contributed by atoms with Gasteiger partial charge in [0.05, 0.1) is 29.8 Å². The standard InChI is InChI=1S/C35H31BrF3N3O5/c1-46-28-14-13-20(35(37,38)39)18-26(28)42-34(45)40-16-15-23-22-9-2-4-11-25(22)41-31(23)29(19-7-6-8-21(36)17-19)30-32(43)24-10-3-5-12-27(24)47-33(30)44/h2,4,6-9,11,13-14,17-18,29,41,43H,3,5,10,12,15-16H2,1H3,(H2,40,42,45). The van der Waals surface area contributed by atoms with Crippen molar-refractivity contribution in [2.45, 2.75) is 44.2 Å². The van der Waals surface area contributed by atoms with Crippen molar-refractivity contribution in [1.82, 2.24) is 10.3 Å². The molecule has 5 aromatic rings. The lowest BCUT2D eigenvalue weighted by Crippen LogP contribution is -2.31. The number of alkyl halides is 3. The van der Waals surface area contributed by atoms with Crippen LogP contribution >= 0.6 is 15.9 Å². The molecule has 0 saturated carbocycles. The Morgan fingerprint density at radius 1 is 1.09 bits per heavy atom. The van der Waals surface area contributed by atoms with Crippen LogP contribution in [-0.4, -0.2) is 29.8 Å². The van der Waals surface area contributed by atoms with E-state index in [9.17, 15) is 27.9 Å². The van der Waals surface area contributed by atoms with E-state index in [0.29, 0.717) is 29.9 Å². The van der Waals surface area contributed by atoms with Crippen LogP contribution in [0.25, 0.3) is 10.9 Å². The first-order chi connectivity index (χ1) is 22.5. The van der Waals surface area contributed by atoms with Crippen LogP contribution in [0.3, 0.4) is 0 Å². The number of para-hydroxylation sites is 1. The number of anilines is 1. The molecule has 0 aliphatic heterocycles. The summed E-state index contributed by atoms with van der Waals surface area (Å²) < 4.78 is 51.7. The average molecular weight is 711 g/mol. The van der Waals surface area contributed by atoms with Crippen molar-refractivity contribution < 1.29 is 32.2 Å². The van der Waals surface area contributed by atoms with Crippen molar-refractivity contribution >= 4 is 38.6 Å². The topological polar surface area (TPSA) is 117 Å². The predicted molar refractivity (Wildman–Crippen MR) is 175 cm³/mol. The monoisotopic (exact) mass is 709 g/mol. The van der Waals surface area contributed by atoms with Crippen molar-refractivity contribution in [3.05, 3.63) is 121 Å². The van der Waals surface area contributed by atoms with Gasteiger partial charge in [-0.1, -0.05) is 46.3 Å². The molecule has 1 aliphatic rings. The van der Waals surface area contributed by atoms with Crippen LogP contribution in [0.2, 0.25) is 0 Å². The molecule has 0 spiro atoms. The molecule has 2 amide bonds. The molecule has 1 unspecified atom stereocenters. The van der Waals surface area contributed by atoms with Gasteiger partial charge in [0.15, 0.2) is 0 Å². The van der Waals surface area contributed by atoms with Crippen molar-refractivity contribution in [2.75, 3.05) is 19.0 Å². The van der Waals surface area contributed by atoms with E-state index in [0.717, 1.165) is 57.5 Å². The van der Waals surface area contributed by atoms with E-state index in [4.69, 9.17) is 9.15 Å². The Morgan fingerprint density at radius 3 is 2.64 bits per heavy atom. The zero-order chi connectivity index (χ0) is 33.3. The number of urea groups is 1. The Morgan fingerprint density at radius 2 is 1.87 bits per heavy atom. The molecule has 0 radical (unpaired) electrons. The van der Waals surface area contributed by atoms with Gasteiger partial charge in [-0.15, -0.1) is 0 Å². The van der Waals surface area contributed by atoms with Crippen molar-refractivity contribution in [3.8, 4) is 11.5 Å². The summed E-state index contributed by atoms with van der Waals surface area (Å²) in [4.78, 5) is 30.0. The highest BCUT2D eigenvalue weighted by Crippen LogP contribution is 2.42. The summed E-state index contributed by atoms with van der Waals surface area (Å²) in [6.45, 7) is 0.0952. The highest BCUT2D eigenvalue weighted by molar-refractivity contribution is 9.10. The Kier molecular flexibility index (Phi) is 9.05. The third-order valence-electron chi connectivity index (χ3n) is 8.44. The fraction of sp³-hybridized carbons (Fsp3) is 0.257. The predicted octanol–water partition coefficient (Wildman–Crippen LogP) is 8.04. The first-order valence-corrected chi connectivity index (χ1v) is 15.9. The molecular weight excluding hydrogens is 679 g/mol. The molecule has 0 fully saturated rings. The van der Waals surface area contributed by atoms with E-state index in [1.54, 1.807) is 0 Å². The largest absolute Gasteiger partial charge is 0.507 e. The number of methoxy groups -OCH3 is 1. The summed E-state index contributed by atoms with van der Waals surface area (Å²) in [6.07, 6.45) is -1.40. The maximum absolute atomic E-state index is 13.6. The molecule has 1 aliphatic carbocycles. The molecule has 2 heterocycles. The zero-order valence-electron chi connectivity index (χ0n) is 25.3. The Labute approximate surface area is 276 Å². The second-order valence-corrected chi connectivity index (χ2v) is 12.3. The van der Waals surface area contributed by atoms with Crippen LogP contribution < -0.4 is 21.0 Å². The number of H-pyrrole nitrogens is 1. The number of amides is 2. The summed E-state index contributed by atoms with van der Waals surface area (Å²) >= 11 is 3.54. The number of nitrogens with one attached hydrogen (secondary N) is 3. The minimum atomic E-state index is -4.60. The molecule has 12 heteroatoms. The minimum Gasteiger partial charge on any atom is -0.507 e. The summed E-state index contributed by atoms with van der Waals surface area (Å²) in [6, 6.07) is 17.2. The number of rotatable bonds is 8. The number of aromatic hydroxyl groups is 1. The normalized spacial score (nSPS) is 13.6. The fourth-order valence-electron chi connectivity index (χ4n) is 6.27. The molecule has 0 bridgehead atoms. The highest BCUT2D eigenvalue weighted by Gasteiger charge is 2.33. The number of fused-ring (bicyclic) bond motifs is 2. The Hall–Kier alpha value is -4.71. The lowest BCUT2D eigenvalue weighted by molar-refractivity contribution is -0.137. The number of carbonyl (C=O) groups is 1. The summed E-state index contributed by atoms with van der Waals surface area (Å²) in [5.74, 6) is -0.229. The number of halogens is 4. The van der Waals surface area contributed by atoms with Crippen LogP contribution in [0.4, 0.5) is 23.7 Å². The van der Waals surface area contributed by atoms with Crippen LogP contribution in [0, 0.1) is 0 Å². The Bertz CT molecular complexity index is 2020. The maximum Gasteiger partial charge on any atom is 0.416 e. The second-order valence-electron chi connectivity index (χ2n) is 11.4. The quantitative estimate of drug-likeness (QED) is 0.130. The van der Waals surface area contributed by atoms with Gasteiger partial charge >= 0.3 is 17.8 Å². The van der Waals surface area contributed by atoms with Gasteiger partial charge in [0.25, 0.3) is 0 Å². The number of ether oxygens (including phenoxy) is 1. The zero-order valence-corrected chi connectivity index (χ0v) is 26.8. The second kappa shape index (κ2) is 13.2. The van der Waals surface area contributed by atoms with Gasteiger partial charge in [-0.05, 0) is 73.2 Å². The van der Waals surface area contributed by atoms with E-state index in [1.165, 1.54) is 7.11 Å². The number of hydrogen-bond acceptors (Lipinski definition) is 5. The van der Waals surface area contributed by atoms with E-state index < -0.39 is 29.3 Å². The molecule has 6 rings (SSSR count). The number of hydrogen-bond donors (Lipinski definition) is 4. The molecule has 8 nitrogen and oxygen atoms in total. The lowest BCUT2D eigenvalue weighted by atomic mass is 9.84. The van der Waals surface area contributed by atoms with E-state index >= 15 is 0 Å². The van der Waals surface area contributed by atoms with Gasteiger partial charge in [0.1, 0.15) is 17.3 Å². The van der Waals surface area contributed by atoms with Gasteiger partial charge in [0.2, 0.25) is 0 Å². The van der Waals surface area contributed by atoms with E-state index in [2.05, 4.69) is 31.5 Å². The Balaban J connectivity index is 1.36. The highest BCUT2D eigenvalue weighted by atomic mass is 79.9. The van der Waals surface area contributed by atoms with Gasteiger partial charge in [-0.3, -0.25) is 0 Å². The fourth-order valence-corrected chi connectivity index (χ4v) is 6.69. The minimum absolute atomic E-state index is 0.0712. The van der Waals surface area contributed by atoms with Gasteiger partial charge in [-0.2, -0.15) is 13.2 Å². The molecule has 244 valence electrons. The van der Waals surface area contributed by atoms with Crippen molar-refractivity contribution in [2.24, 2.45) is 0 Å². The molecule has 3 aromatic carbocycles.